The molecule has 8 heteroatoms. The molecule has 1 aromatic carbocycles. The number of hydrogen-bond acceptors (Lipinski definition) is 4. The number of aliphatic hydroxyl groups is 1. The number of thioether (sulfide) groups is 1. The van der Waals surface area contributed by atoms with Gasteiger partial charge < -0.3 is 15.1 Å². The van der Waals surface area contributed by atoms with Crippen LogP contribution in [0.3, 0.4) is 0 Å². The van der Waals surface area contributed by atoms with E-state index in [1.807, 2.05) is 0 Å². The Morgan fingerprint density at radius 3 is 2.62 bits per heavy atom. The fourth-order valence-corrected chi connectivity index (χ4v) is 2.90. The number of carbonyl (C=O) groups is 2. The Bertz CT molecular complexity index is 555. The zero-order valence-electron chi connectivity index (χ0n) is 10.8. The number of amides is 1. The van der Waals surface area contributed by atoms with Crippen molar-refractivity contribution in [2.45, 2.75) is 29.2 Å². The quantitative estimate of drug-likeness (QED) is 0.826. The number of aliphatic hydroxyl groups excluding tert-OH is 1. The number of likely N-dealkylation sites (tertiary alicyclic amines) is 1. The molecule has 1 amide bonds. The number of carboxylic acids is 1. The van der Waals surface area contributed by atoms with Crippen LogP contribution in [0, 0.1) is 0 Å². The lowest BCUT2D eigenvalue weighted by molar-refractivity contribution is -0.141. The molecule has 0 saturated carbocycles. The van der Waals surface area contributed by atoms with Gasteiger partial charge in [0.25, 0.3) is 11.7 Å². The Hall–Kier alpha value is -1.67. The number of rotatable bonds is 4. The molecule has 1 aromatic rings. The summed E-state index contributed by atoms with van der Waals surface area (Å²) in [6.45, 7) is -0.122. The molecule has 1 heterocycles. The Morgan fingerprint density at radius 1 is 1.33 bits per heavy atom. The van der Waals surface area contributed by atoms with Crippen molar-refractivity contribution < 1.29 is 28.6 Å². The third kappa shape index (κ3) is 3.51. The van der Waals surface area contributed by atoms with E-state index in [0.29, 0.717) is 0 Å². The highest BCUT2D eigenvalue weighted by molar-refractivity contribution is 7.99. The van der Waals surface area contributed by atoms with Crippen molar-refractivity contribution in [3.63, 3.8) is 0 Å². The number of aliphatic carboxylic acids is 1. The highest BCUT2D eigenvalue weighted by Crippen LogP contribution is 2.30. The number of β-amino-alcohol motifs (C(OH)–C–C–N with tert-alkyl or cyclic N) is 1. The Labute approximate surface area is 123 Å². The van der Waals surface area contributed by atoms with Gasteiger partial charge in [0.15, 0.2) is 0 Å². The van der Waals surface area contributed by atoms with Gasteiger partial charge in [-0.2, -0.15) is 8.78 Å². The Morgan fingerprint density at radius 2 is 2.00 bits per heavy atom. The second-order valence-corrected chi connectivity index (χ2v) is 5.61. The molecule has 0 spiro atoms. The second kappa shape index (κ2) is 6.40. The third-order valence-electron chi connectivity index (χ3n) is 3.16. The maximum Gasteiger partial charge on any atom is 0.326 e. The first-order valence-corrected chi connectivity index (χ1v) is 7.03. The minimum atomic E-state index is -2.68. The van der Waals surface area contributed by atoms with Crippen molar-refractivity contribution in [1.82, 2.24) is 4.90 Å². The van der Waals surface area contributed by atoms with Gasteiger partial charge in [-0.15, -0.1) is 0 Å². The average molecular weight is 317 g/mol. The number of hydrogen-bond donors (Lipinski definition) is 2. The molecule has 21 heavy (non-hydrogen) atoms. The van der Waals surface area contributed by atoms with Crippen molar-refractivity contribution in [3.8, 4) is 0 Å². The van der Waals surface area contributed by atoms with E-state index in [1.54, 1.807) is 0 Å². The Kier molecular flexibility index (Phi) is 4.79. The fraction of sp³-hybridized carbons (Fsp3) is 0.385. The van der Waals surface area contributed by atoms with Crippen molar-refractivity contribution in [2.75, 3.05) is 6.54 Å². The monoisotopic (exact) mass is 317 g/mol. The largest absolute Gasteiger partial charge is 0.480 e. The van der Waals surface area contributed by atoms with Crippen LogP contribution < -0.4 is 0 Å². The molecular formula is C13H13F2NO4S. The number of halogens is 2. The minimum absolute atomic E-state index is 0.0168. The van der Waals surface area contributed by atoms with Crippen molar-refractivity contribution >= 4 is 23.6 Å². The molecule has 0 radical (unpaired) electrons. The lowest BCUT2D eigenvalue weighted by Gasteiger charge is -2.22. The van der Waals surface area contributed by atoms with Gasteiger partial charge in [-0.05, 0) is 12.1 Å². The average Bonchev–Trinajstić information content (AvgIpc) is 2.80. The highest BCUT2D eigenvalue weighted by Gasteiger charge is 2.39. The Balaban J connectivity index is 2.29. The maximum absolute atomic E-state index is 12.5. The lowest BCUT2D eigenvalue weighted by Crippen LogP contribution is -2.40. The standard InChI is InChI=1S/C13H13F2NO4S/c14-13(15)21-10-4-2-1-3-8(10)11(18)16-6-7(17)5-9(16)12(19)20/h1-4,7,9,13,17H,5-6H2,(H,19,20)/t7-,9+/m1/s1. The molecular weight excluding hydrogens is 304 g/mol. The van der Waals surface area contributed by atoms with Gasteiger partial charge >= 0.3 is 5.97 Å². The van der Waals surface area contributed by atoms with Crippen LogP contribution in [0.15, 0.2) is 29.2 Å². The second-order valence-electron chi connectivity index (χ2n) is 4.58. The summed E-state index contributed by atoms with van der Waals surface area (Å²) in [5, 5.41) is 18.6. The van der Waals surface area contributed by atoms with Crippen molar-refractivity contribution in [1.29, 1.82) is 0 Å². The summed E-state index contributed by atoms with van der Waals surface area (Å²) in [7, 11) is 0. The molecule has 1 aliphatic rings. The van der Waals surface area contributed by atoms with E-state index in [-0.39, 0.29) is 35.2 Å². The van der Waals surface area contributed by atoms with Gasteiger partial charge in [0, 0.05) is 17.9 Å². The van der Waals surface area contributed by atoms with Gasteiger partial charge in [-0.25, -0.2) is 4.79 Å². The molecule has 0 aliphatic carbocycles. The minimum Gasteiger partial charge on any atom is -0.480 e. The topological polar surface area (TPSA) is 77.8 Å². The lowest BCUT2D eigenvalue weighted by atomic mass is 10.1. The van der Waals surface area contributed by atoms with Gasteiger partial charge in [0.05, 0.1) is 11.7 Å². The molecule has 1 saturated heterocycles. The first-order chi connectivity index (χ1) is 9.90. The summed E-state index contributed by atoms with van der Waals surface area (Å²) < 4.78 is 25.0. The van der Waals surface area contributed by atoms with E-state index >= 15 is 0 Å². The third-order valence-corrected chi connectivity index (χ3v) is 3.95. The molecule has 2 atom stereocenters. The predicted octanol–water partition coefficient (Wildman–Crippen LogP) is 1.66. The number of carbonyl (C=O) groups excluding carboxylic acids is 1. The van der Waals surface area contributed by atoms with Gasteiger partial charge in [0.1, 0.15) is 6.04 Å². The number of benzene rings is 1. The van der Waals surface area contributed by atoms with Gasteiger partial charge in [-0.1, -0.05) is 23.9 Å². The van der Waals surface area contributed by atoms with Crippen molar-refractivity contribution in [3.05, 3.63) is 29.8 Å². The van der Waals surface area contributed by atoms with E-state index in [4.69, 9.17) is 5.11 Å². The van der Waals surface area contributed by atoms with Crippen LogP contribution in [0.5, 0.6) is 0 Å². The van der Waals surface area contributed by atoms with E-state index in [2.05, 4.69) is 0 Å². The summed E-state index contributed by atoms with van der Waals surface area (Å²) >= 11 is 0.232. The van der Waals surface area contributed by atoms with Crippen molar-refractivity contribution in [2.24, 2.45) is 0 Å². The smallest absolute Gasteiger partial charge is 0.326 e. The SMILES string of the molecule is O=C(O)[C@@H]1C[C@@H](O)CN1C(=O)c1ccccc1SC(F)F. The molecule has 0 unspecified atom stereocenters. The molecule has 0 aromatic heterocycles. The predicted molar refractivity (Wildman–Crippen MR) is 71.4 cm³/mol. The van der Waals surface area contributed by atoms with Gasteiger partial charge in [-0.3, -0.25) is 4.79 Å². The van der Waals surface area contributed by atoms with Gasteiger partial charge in [0.2, 0.25) is 0 Å². The first kappa shape index (κ1) is 15.7. The van der Waals surface area contributed by atoms with Crippen LogP contribution in [0.25, 0.3) is 0 Å². The molecule has 2 N–H and O–H groups in total. The number of carboxylic acid groups (broad SMARTS) is 1. The van der Waals surface area contributed by atoms with E-state index < -0.39 is 29.8 Å². The molecule has 1 aliphatic heterocycles. The summed E-state index contributed by atoms with van der Waals surface area (Å²) in [6.07, 6.45) is -0.990. The first-order valence-electron chi connectivity index (χ1n) is 6.16. The summed E-state index contributed by atoms with van der Waals surface area (Å²) in [4.78, 5) is 24.6. The molecule has 1 fully saturated rings. The van der Waals surface area contributed by atoms with Crippen LogP contribution >= 0.6 is 11.8 Å². The molecule has 2 rings (SSSR count). The molecule has 0 bridgehead atoms. The normalized spacial score (nSPS) is 21.8. The van der Waals surface area contributed by atoms with E-state index in [1.165, 1.54) is 24.3 Å². The summed E-state index contributed by atoms with van der Waals surface area (Å²) in [5.41, 5.74) is 0.0168. The van der Waals surface area contributed by atoms with Crippen LogP contribution in [-0.4, -0.2) is 51.4 Å². The van der Waals surface area contributed by atoms with Crippen LogP contribution in [0.2, 0.25) is 0 Å². The highest BCUT2D eigenvalue weighted by atomic mass is 32.2. The number of nitrogens with zero attached hydrogens (tertiary/aromatic N) is 1. The molecule has 114 valence electrons. The number of alkyl halides is 2. The van der Waals surface area contributed by atoms with Crippen LogP contribution in [-0.2, 0) is 4.79 Å². The van der Waals surface area contributed by atoms with Crippen LogP contribution in [0.4, 0.5) is 8.78 Å². The summed E-state index contributed by atoms with van der Waals surface area (Å²) in [5.74, 6) is -4.57. The van der Waals surface area contributed by atoms with E-state index in [0.717, 1.165) is 4.90 Å². The fourth-order valence-electron chi connectivity index (χ4n) is 2.27. The zero-order valence-corrected chi connectivity index (χ0v) is 11.6. The molecule has 5 nitrogen and oxygen atoms in total. The van der Waals surface area contributed by atoms with E-state index in [9.17, 15) is 23.5 Å². The van der Waals surface area contributed by atoms with Crippen LogP contribution in [0.1, 0.15) is 16.8 Å². The summed E-state index contributed by atoms with van der Waals surface area (Å²) in [6, 6.07) is 4.65. The maximum atomic E-state index is 12.5. The zero-order chi connectivity index (χ0) is 15.6.